The van der Waals surface area contributed by atoms with Crippen molar-refractivity contribution < 1.29 is 18.4 Å². The molecule has 1 aromatic heterocycles. The van der Waals surface area contributed by atoms with Crippen LogP contribution in [-0.4, -0.2) is 40.5 Å². The predicted molar refractivity (Wildman–Crippen MR) is 160 cm³/mol. The monoisotopic (exact) mass is 555 g/mol. The summed E-state index contributed by atoms with van der Waals surface area (Å²) in [6.07, 6.45) is 9.09. The number of allylic oxidation sites excluding steroid dienone is 3. The second kappa shape index (κ2) is 12.9. The van der Waals surface area contributed by atoms with E-state index < -0.39 is 18.5 Å². The van der Waals surface area contributed by atoms with Gasteiger partial charge in [-0.1, -0.05) is 55.1 Å². The second-order valence-electron chi connectivity index (χ2n) is 9.48. The Morgan fingerprint density at radius 1 is 1.02 bits per heavy atom. The first-order chi connectivity index (χ1) is 19.7. The fourth-order valence-corrected chi connectivity index (χ4v) is 4.09. The quantitative estimate of drug-likeness (QED) is 0.186. The van der Waals surface area contributed by atoms with E-state index in [-0.39, 0.29) is 5.91 Å². The molecule has 0 aliphatic heterocycles. The summed E-state index contributed by atoms with van der Waals surface area (Å²) in [5, 5.41) is 7.66. The lowest BCUT2D eigenvalue weighted by Crippen LogP contribution is -2.37. The van der Waals surface area contributed by atoms with Crippen LogP contribution >= 0.6 is 0 Å². The maximum atomic E-state index is 13.0. The average Bonchev–Trinajstić information content (AvgIpc) is 3.39. The number of fused-ring (bicyclic) bond motifs is 1. The Labute approximate surface area is 237 Å². The number of benzene rings is 3. The summed E-state index contributed by atoms with van der Waals surface area (Å²) >= 11 is 0. The molecule has 0 radical (unpaired) electrons. The van der Waals surface area contributed by atoms with Crippen LogP contribution in [0.4, 0.5) is 19.3 Å². The number of rotatable bonds is 10. The van der Waals surface area contributed by atoms with Crippen LogP contribution in [0.5, 0.6) is 0 Å². The second-order valence-corrected chi connectivity index (χ2v) is 9.48. The summed E-state index contributed by atoms with van der Waals surface area (Å²) in [7, 11) is 0. The van der Waals surface area contributed by atoms with E-state index in [0.717, 1.165) is 40.3 Å². The minimum absolute atomic E-state index is 0.184. The van der Waals surface area contributed by atoms with Gasteiger partial charge in [-0.15, -0.1) is 0 Å². The van der Waals surface area contributed by atoms with Gasteiger partial charge in [0.25, 0.3) is 11.8 Å². The first-order valence-electron chi connectivity index (χ1n) is 13.0. The van der Waals surface area contributed by atoms with Gasteiger partial charge in [-0.3, -0.25) is 9.36 Å². The topological polar surface area (TPSA) is 88.1 Å². The van der Waals surface area contributed by atoms with Gasteiger partial charge < -0.3 is 16.0 Å². The van der Waals surface area contributed by atoms with Crippen molar-refractivity contribution in [1.29, 1.82) is 0 Å². The molecule has 0 atom stereocenters. The SMILES string of the molecule is C=C/C(=C\C=C/C)CNC(=O)c1cccc(-c2ccc3c(c2)ncn3-c2cccc(NC(=O)NCC(C)(F)F)c2)c1. The highest BCUT2D eigenvalue weighted by Gasteiger charge is 2.21. The van der Waals surface area contributed by atoms with Crippen LogP contribution in [0, 0.1) is 0 Å². The van der Waals surface area contributed by atoms with Crippen molar-refractivity contribution in [1.82, 2.24) is 20.2 Å². The van der Waals surface area contributed by atoms with E-state index >= 15 is 0 Å². The van der Waals surface area contributed by atoms with Gasteiger partial charge in [0.05, 0.1) is 17.6 Å². The summed E-state index contributed by atoms with van der Waals surface area (Å²) in [4.78, 5) is 29.4. The highest BCUT2D eigenvalue weighted by atomic mass is 19.3. The Kier molecular flexibility index (Phi) is 9.08. The van der Waals surface area contributed by atoms with E-state index in [0.29, 0.717) is 17.8 Å². The first kappa shape index (κ1) is 28.9. The van der Waals surface area contributed by atoms with Crippen molar-refractivity contribution in [3.8, 4) is 16.8 Å². The third-order valence-corrected chi connectivity index (χ3v) is 6.16. The average molecular weight is 556 g/mol. The number of halogens is 2. The molecule has 41 heavy (non-hydrogen) atoms. The Hall–Kier alpha value is -5.05. The molecule has 4 rings (SSSR count). The minimum atomic E-state index is -3.00. The summed E-state index contributed by atoms with van der Waals surface area (Å²) in [6, 6.07) is 19.5. The zero-order valence-corrected chi connectivity index (χ0v) is 22.8. The van der Waals surface area contributed by atoms with E-state index in [9.17, 15) is 18.4 Å². The largest absolute Gasteiger partial charge is 0.348 e. The van der Waals surface area contributed by atoms with E-state index in [1.165, 1.54) is 0 Å². The molecule has 4 aromatic rings. The van der Waals surface area contributed by atoms with Crippen molar-refractivity contribution in [3.63, 3.8) is 0 Å². The minimum Gasteiger partial charge on any atom is -0.348 e. The molecular formula is C32H31F2N5O2. The molecule has 210 valence electrons. The molecule has 9 heteroatoms. The number of urea groups is 1. The number of anilines is 1. The van der Waals surface area contributed by atoms with Crippen LogP contribution < -0.4 is 16.0 Å². The lowest BCUT2D eigenvalue weighted by molar-refractivity contribution is 0.0257. The standard InChI is InChI=1S/C32H31F2N5O2/c1-4-6-9-22(5-2)19-35-30(40)25-11-7-10-23(16-25)24-14-15-29-28(17-24)37-21-39(29)27-13-8-12-26(18-27)38-31(41)36-20-32(3,33)34/h4-18,21H,2,19-20H2,1,3H3,(H,35,40)(H2,36,38,41)/b6-4-,22-9+. The Morgan fingerprint density at radius 3 is 2.56 bits per heavy atom. The predicted octanol–water partition coefficient (Wildman–Crippen LogP) is 6.89. The number of hydrogen-bond donors (Lipinski definition) is 3. The molecule has 0 bridgehead atoms. The maximum absolute atomic E-state index is 13.0. The Balaban J connectivity index is 1.51. The molecule has 3 aromatic carbocycles. The first-order valence-corrected chi connectivity index (χ1v) is 13.0. The summed E-state index contributed by atoms with van der Waals surface area (Å²) in [5.41, 5.74) is 5.97. The number of amides is 3. The lowest BCUT2D eigenvalue weighted by atomic mass is 10.0. The van der Waals surface area contributed by atoms with E-state index in [2.05, 4.69) is 27.5 Å². The number of nitrogens with one attached hydrogen (secondary N) is 3. The lowest BCUT2D eigenvalue weighted by Gasteiger charge is -2.13. The Bertz CT molecular complexity index is 1630. The van der Waals surface area contributed by atoms with Crippen LogP contribution in [0.1, 0.15) is 24.2 Å². The van der Waals surface area contributed by atoms with Crippen molar-refractivity contribution >= 4 is 28.7 Å². The zero-order chi connectivity index (χ0) is 29.4. The van der Waals surface area contributed by atoms with E-state index in [1.54, 1.807) is 36.7 Å². The van der Waals surface area contributed by atoms with Crippen molar-refractivity contribution in [2.45, 2.75) is 19.8 Å². The van der Waals surface area contributed by atoms with Gasteiger partial charge in [0.2, 0.25) is 0 Å². The third-order valence-electron chi connectivity index (χ3n) is 6.16. The number of alkyl halides is 2. The van der Waals surface area contributed by atoms with Gasteiger partial charge >= 0.3 is 6.03 Å². The number of carbonyl (C=O) groups excluding carboxylic acids is 2. The van der Waals surface area contributed by atoms with Crippen LogP contribution in [0.15, 0.2) is 110 Å². The van der Waals surface area contributed by atoms with Gasteiger partial charge in [0.1, 0.15) is 6.33 Å². The highest BCUT2D eigenvalue weighted by molar-refractivity contribution is 5.96. The number of aromatic nitrogens is 2. The molecule has 0 fully saturated rings. The molecule has 0 aliphatic carbocycles. The zero-order valence-electron chi connectivity index (χ0n) is 22.8. The van der Waals surface area contributed by atoms with Gasteiger partial charge in [-0.05, 0) is 66.1 Å². The molecule has 7 nitrogen and oxygen atoms in total. The van der Waals surface area contributed by atoms with Gasteiger partial charge in [0, 0.05) is 30.4 Å². The van der Waals surface area contributed by atoms with Gasteiger partial charge in [-0.2, -0.15) is 0 Å². The maximum Gasteiger partial charge on any atom is 0.319 e. The summed E-state index contributed by atoms with van der Waals surface area (Å²) < 4.78 is 27.9. The van der Waals surface area contributed by atoms with Crippen LogP contribution in [0.3, 0.4) is 0 Å². The molecule has 0 spiro atoms. The number of imidazole rings is 1. The van der Waals surface area contributed by atoms with E-state index in [1.807, 2.05) is 72.2 Å². The van der Waals surface area contributed by atoms with Crippen LogP contribution in [0.2, 0.25) is 0 Å². The third kappa shape index (κ3) is 7.76. The number of carbonyl (C=O) groups is 2. The summed E-state index contributed by atoms with van der Waals surface area (Å²) in [5.74, 6) is -3.18. The summed E-state index contributed by atoms with van der Waals surface area (Å²) in [6.45, 7) is 6.06. The van der Waals surface area contributed by atoms with E-state index in [4.69, 9.17) is 0 Å². The van der Waals surface area contributed by atoms with Crippen LogP contribution in [-0.2, 0) is 0 Å². The molecule has 3 amide bonds. The number of hydrogen-bond acceptors (Lipinski definition) is 3. The fourth-order valence-electron chi connectivity index (χ4n) is 4.09. The number of nitrogens with zero attached hydrogens (tertiary/aromatic N) is 2. The normalized spacial score (nSPS) is 12.0. The molecule has 3 N–H and O–H groups in total. The molecule has 0 saturated heterocycles. The van der Waals surface area contributed by atoms with Gasteiger partial charge in [0.15, 0.2) is 0 Å². The van der Waals surface area contributed by atoms with Crippen LogP contribution in [0.25, 0.3) is 27.8 Å². The van der Waals surface area contributed by atoms with Crippen molar-refractivity contribution in [2.24, 2.45) is 0 Å². The Morgan fingerprint density at radius 2 is 1.80 bits per heavy atom. The molecule has 0 aliphatic rings. The molecule has 1 heterocycles. The van der Waals surface area contributed by atoms with Crippen molar-refractivity contribution in [3.05, 3.63) is 115 Å². The van der Waals surface area contributed by atoms with Gasteiger partial charge in [-0.25, -0.2) is 18.6 Å². The van der Waals surface area contributed by atoms with Crippen molar-refractivity contribution in [2.75, 3.05) is 18.4 Å². The fraction of sp³-hybridized carbons (Fsp3) is 0.156. The molecule has 0 unspecified atom stereocenters. The highest BCUT2D eigenvalue weighted by Crippen LogP contribution is 2.27. The molecular weight excluding hydrogens is 524 g/mol. The smallest absolute Gasteiger partial charge is 0.319 e. The molecule has 0 saturated carbocycles.